The molecule has 0 spiro atoms. The number of rotatable bonds is 7. The molecule has 0 amide bonds. The van der Waals surface area contributed by atoms with Gasteiger partial charge in [0.15, 0.2) is 11.5 Å². The second kappa shape index (κ2) is 7.80. The van der Waals surface area contributed by atoms with Crippen LogP contribution in [-0.4, -0.2) is 24.4 Å². The van der Waals surface area contributed by atoms with E-state index in [4.69, 9.17) is 4.74 Å². The van der Waals surface area contributed by atoms with Gasteiger partial charge < -0.3 is 19.9 Å². The van der Waals surface area contributed by atoms with E-state index in [-0.39, 0.29) is 17.5 Å². The van der Waals surface area contributed by atoms with Crippen molar-refractivity contribution in [3.63, 3.8) is 0 Å². The fourth-order valence-corrected chi connectivity index (χ4v) is 3.17. The van der Waals surface area contributed by atoms with Gasteiger partial charge >= 0.3 is 6.61 Å². The molecule has 0 heterocycles. The Morgan fingerprint density at radius 3 is 2.76 bits per heavy atom. The van der Waals surface area contributed by atoms with Crippen LogP contribution in [-0.2, 0) is 13.0 Å². The zero-order chi connectivity index (χ0) is 17.8. The molecule has 2 atom stereocenters. The second-order valence-electron chi connectivity index (χ2n) is 5.92. The highest BCUT2D eigenvalue weighted by Crippen LogP contribution is 2.33. The molecule has 0 bridgehead atoms. The Kier molecular flexibility index (Phi) is 5.50. The number of hydrogen-bond acceptors (Lipinski definition) is 4. The average molecular weight is 349 g/mol. The Bertz CT molecular complexity index is 724. The summed E-state index contributed by atoms with van der Waals surface area (Å²) in [6.45, 7) is -0.285. The van der Waals surface area contributed by atoms with E-state index in [0.717, 1.165) is 16.7 Å². The third-order valence-corrected chi connectivity index (χ3v) is 4.25. The monoisotopic (exact) mass is 349 g/mol. The lowest BCUT2D eigenvalue weighted by Crippen LogP contribution is -2.28. The van der Waals surface area contributed by atoms with E-state index >= 15 is 0 Å². The maximum atomic E-state index is 12.5. The Hall–Kier alpha value is -2.18. The number of hydrogen-bond donors (Lipinski definition) is 2. The fourth-order valence-electron chi connectivity index (χ4n) is 3.17. The topological polar surface area (TPSA) is 50.7 Å². The molecular formula is C19H21F2NO3. The van der Waals surface area contributed by atoms with Crippen LogP contribution >= 0.6 is 0 Å². The van der Waals surface area contributed by atoms with Gasteiger partial charge in [-0.15, -0.1) is 0 Å². The van der Waals surface area contributed by atoms with Crippen LogP contribution in [0.1, 0.15) is 29.7 Å². The van der Waals surface area contributed by atoms with E-state index in [2.05, 4.69) is 10.1 Å². The molecule has 0 fully saturated rings. The Morgan fingerprint density at radius 2 is 2.00 bits per heavy atom. The Labute approximate surface area is 145 Å². The molecule has 4 nitrogen and oxygen atoms in total. The quantitative estimate of drug-likeness (QED) is 0.804. The third-order valence-electron chi connectivity index (χ3n) is 4.25. The molecule has 2 aromatic rings. The molecule has 1 aliphatic carbocycles. The summed E-state index contributed by atoms with van der Waals surface area (Å²) in [7, 11) is 0. The summed E-state index contributed by atoms with van der Waals surface area (Å²) in [6, 6.07) is 12.7. The van der Waals surface area contributed by atoms with Crippen molar-refractivity contribution >= 4 is 0 Å². The highest BCUT2D eigenvalue weighted by atomic mass is 19.3. The van der Waals surface area contributed by atoms with Crippen LogP contribution in [0.2, 0.25) is 0 Å². The van der Waals surface area contributed by atoms with Gasteiger partial charge in [0.1, 0.15) is 0 Å². The Balaban J connectivity index is 1.72. The summed E-state index contributed by atoms with van der Waals surface area (Å²) in [5, 5.41) is 13.6. The van der Waals surface area contributed by atoms with Crippen molar-refractivity contribution in [3.05, 3.63) is 59.2 Å². The van der Waals surface area contributed by atoms with Crippen molar-refractivity contribution in [2.24, 2.45) is 0 Å². The van der Waals surface area contributed by atoms with Gasteiger partial charge in [-0.1, -0.05) is 30.3 Å². The molecule has 0 saturated carbocycles. The molecule has 0 aromatic heterocycles. The van der Waals surface area contributed by atoms with E-state index in [1.807, 2.05) is 24.3 Å². The van der Waals surface area contributed by atoms with Crippen molar-refractivity contribution in [2.75, 3.05) is 6.61 Å². The van der Waals surface area contributed by atoms with Crippen LogP contribution in [0.25, 0.3) is 0 Å². The molecule has 25 heavy (non-hydrogen) atoms. The van der Waals surface area contributed by atoms with Crippen molar-refractivity contribution < 1.29 is 23.4 Å². The molecule has 134 valence electrons. The SMILES string of the molecule is CCOc1cc(CN[C@H]2c3ccccc3C[C@H]2O)ccc1OC(F)F. The average Bonchev–Trinajstić information content (AvgIpc) is 2.90. The van der Waals surface area contributed by atoms with Crippen LogP contribution < -0.4 is 14.8 Å². The largest absolute Gasteiger partial charge is 0.490 e. The fraction of sp³-hybridized carbons (Fsp3) is 0.368. The minimum Gasteiger partial charge on any atom is -0.490 e. The van der Waals surface area contributed by atoms with Gasteiger partial charge in [-0.2, -0.15) is 8.78 Å². The number of benzene rings is 2. The van der Waals surface area contributed by atoms with Crippen molar-refractivity contribution in [3.8, 4) is 11.5 Å². The lowest BCUT2D eigenvalue weighted by molar-refractivity contribution is -0.0514. The van der Waals surface area contributed by atoms with Crippen LogP contribution in [0, 0.1) is 0 Å². The molecule has 1 aliphatic rings. The van der Waals surface area contributed by atoms with Gasteiger partial charge in [0.2, 0.25) is 0 Å². The molecular weight excluding hydrogens is 328 g/mol. The van der Waals surface area contributed by atoms with E-state index in [9.17, 15) is 13.9 Å². The molecule has 2 N–H and O–H groups in total. The number of nitrogens with one attached hydrogen (secondary N) is 1. The van der Waals surface area contributed by atoms with E-state index in [1.54, 1.807) is 19.1 Å². The molecule has 6 heteroatoms. The molecule has 2 aromatic carbocycles. The second-order valence-corrected chi connectivity index (χ2v) is 5.92. The standard InChI is InChI=1S/C19H21F2NO3/c1-2-24-17-9-12(7-8-16(17)25-19(20)21)11-22-18-14-6-4-3-5-13(14)10-15(18)23/h3-9,15,18-19,22-23H,2,10-11H2,1H3/t15-,18+/m1/s1. The first-order valence-corrected chi connectivity index (χ1v) is 8.28. The summed E-state index contributed by atoms with van der Waals surface area (Å²) >= 11 is 0. The number of ether oxygens (including phenoxy) is 2. The molecule has 0 aliphatic heterocycles. The van der Waals surface area contributed by atoms with Gasteiger partial charge in [-0.25, -0.2) is 0 Å². The zero-order valence-corrected chi connectivity index (χ0v) is 13.9. The molecule has 0 unspecified atom stereocenters. The summed E-state index contributed by atoms with van der Waals surface area (Å²) in [5.41, 5.74) is 3.10. The van der Waals surface area contributed by atoms with Gasteiger partial charge in [-0.3, -0.25) is 0 Å². The predicted molar refractivity (Wildman–Crippen MR) is 90.0 cm³/mol. The molecule has 0 radical (unpaired) electrons. The first-order valence-electron chi connectivity index (χ1n) is 8.28. The highest BCUT2D eigenvalue weighted by molar-refractivity contribution is 5.43. The summed E-state index contributed by atoms with van der Waals surface area (Å²) < 4.78 is 34.8. The van der Waals surface area contributed by atoms with Gasteiger partial charge in [0.25, 0.3) is 0 Å². The van der Waals surface area contributed by atoms with Crippen molar-refractivity contribution in [2.45, 2.75) is 38.6 Å². The minimum atomic E-state index is -2.90. The maximum Gasteiger partial charge on any atom is 0.387 e. The van der Waals surface area contributed by atoms with Gasteiger partial charge in [0.05, 0.1) is 18.8 Å². The first kappa shape index (κ1) is 17.6. The third kappa shape index (κ3) is 4.08. The number of halogens is 2. The number of aliphatic hydroxyl groups excluding tert-OH is 1. The number of alkyl halides is 2. The lowest BCUT2D eigenvalue weighted by atomic mass is 10.1. The summed E-state index contributed by atoms with van der Waals surface area (Å²) in [6.07, 6.45) is 0.143. The van der Waals surface area contributed by atoms with Gasteiger partial charge in [-0.05, 0) is 35.7 Å². The zero-order valence-electron chi connectivity index (χ0n) is 13.9. The predicted octanol–water partition coefficient (Wildman–Crippen LogP) is 3.43. The first-order chi connectivity index (χ1) is 12.1. The van der Waals surface area contributed by atoms with Crippen LogP contribution in [0.3, 0.4) is 0 Å². The van der Waals surface area contributed by atoms with Crippen molar-refractivity contribution in [1.82, 2.24) is 5.32 Å². The minimum absolute atomic E-state index is 0.0202. The van der Waals surface area contributed by atoms with Crippen molar-refractivity contribution in [1.29, 1.82) is 0 Å². The van der Waals surface area contributed by atoms with Crippen LogP contribution in [0.5, 0.6) is 11.5 Å². The van der Waals surface area contributed by atoms with Gasteiger partial charge in [0, 0.05) is 13.0 Å². The normalized spacial score (nSPS) is 19.1. The summed E-state index contributed by atoms with van der Waals surface area (Å²) in [5.74, 6) is 0.307. The Morgan fingerprint density at radius 1 is 1.20 bits per heavy atom. The van der Waals surface area contributed by atoms with Crippen LogP contribution in [0.4, 0.5) is 8.78 Å². The number of fused-ring (bicyclic) bond motifs is 1. The molecule has 0 saturated heterocycles. The smallest absolute Gasteiger partial charge is 0.387 e. The molecule has 3 rings (SSSR count). The van der Waals surface area contributed by atoms with E-state index < -0.39 is 12.7 Å². The summed E-state index contributed by atoms with van der Waals surface area (Å²) in [4.78, 5) is 0. The highest BCUT2D eigenvalue weighted by Gasteiger charge is 2.30. The van der Waals surface area contributed by atoms with E-state index in [1.165, 1.54) is 6.07 Å². The maximum absolute atomic E-state index is 12.5. The lowest BCUT2D eigenvalue weighted by Gasteiger charge is -2.19. The van der Waals surface area contributed by atoms with Crippen LogP contribution in [0.15, 0.2) is 42.5 Å². The van der Waals surface area contributed by atoms with E-state index in [0.29, 0.717) is 19.6 Å². The number of aliphatic hydroxyl groups is 1.